The van der Waals surface area contributed by atoms with E-state index in [9.17, 15) is 18.4 Å². The highest BCUT2D eigenvalue weighted by Gasteiger charge is 2.19. The summed E-state index contributed by atoms with van der Waals surface area (Å²) in [6.45, 7) is 2.72. The van der Waals surface area contributed by atoms with Crippen LogP contribution < -0.4 is 10.2 Å². The first-order valence-electron chi connectivity index (χ1n) is 10.1. The lowest BCUT2D eigenvalue weighted by molar-refractivity contribution is -0.120. The van der Waals surface area contributed by atoms with Crippen molar-refractivity contribution in [3.8, 4) is 0 Å². The second-order valence-corrected chi connectivity index (χ2v) is 7.22. The molecule has 0 bridgehead atoms. The van der Waals surface area contributed by atoms with Gasteiger partial charge in [0.1, 0.15) is 11.6 Å². The minimum atomic E-state index is -0.509. The van der Waals surface area contributed by atoms with Gasteiger partial charge < -0.3 is 10.2 Å². The van der Waals surface area contributed by atoms with Gasteiger partial charge >= 0.3 is 0 Å². The molecule has 3 aromatic rings. The maximum absolute atomic E-state index is 13.7. The van der Waals surface area contributed by atoms with Crippen LogP contribution >= 0.6 is 0 Å². The number of hydrogen-bond acceptors (Lipinski definition) is 2. The van der Waals surface area contributed by atoms with E-state index >= 15 is 0 Å². The van der Waals surface area contributed by atoms with E-state index < -0.39 is 17.5 Å². The number of benzene rings is 3. The van der Waals surface area contributed by atoms with Gasteiger partial charge in [0.05, 0.1) is 13.0 Å². The maximum Gasteiger partial charge on any atom is 0.258 e. The highest BCUT2D eigenvalue weighted by Crippen LogP contribution is 2.22. The van der Waals surface area contributed by atoms with Gasteiger partial charge in [0.25, 0.3) is 5.91 Å². The van der Waals surface area contributed by atoms with Crippen molar-refractivity contribution in [1.29, 1.82) is 0 Å². The monoisotopic (exact) mass is 422 g/mol. The Balaban J connectivity index is 1.86. The molecule has 0 aromatic heterocycles. The molecule has 2 amide bonds. The second-order valence-electron chi connectivity index (χ2n) is 7.22. The predicted octanol–water partition coefficient (Wildman–Crippen LogP) is 4.88. The number of rotatable bonds is 8. The van der Waals surface area contributed by atoms with E-state index in [4.69, 9.17) is 0 Å². The first kappa shape index (κ1) is 22.2. The minimum Gasteiger partial charge on any atom is -0.356 e. The van der Waals surface area contributed by atoms with Crippen molar-refractivity contribution in [3.05, 3.63) is 101 Å². The van der Waals surface area contributed by atoms with Crippen LogP contribution in [0.25, 0.3) is 0 Å². The molecule has 1 N–H and O–H groups in total. The number of hydrogen-bond donors (Lipinski definition) is 1. The number of halogens is 2. The van der Waals surface area contributed by atoms with Gasteiger partial charge in [-0.15, -0.1) is 0 Å². The SMILES string of the molecule is CCCNC(=O)Cc1ccc(N(Cc2cccc(F)c2)C(=O)c2cccc(F)c2)cc1. The van der Waals surface area contributed by atoms with E-state index in [0.29, 0.717) is 17.8 Å². The Morgan fingerprint density at radius 1 is 0.871 bits per heavy atom. The standard InChI is InChI=1S/C25H24F2N2O2/c1-2-13-28-24(30)15-18-9-11-23(12-10-18)29(17-19-5-3-7-21(26)14-19)25(31)20-6-4-8-22(27)16-20/h3-12,14,16H,2,13,15,17H2,1H3,(H,28,30). The summed E-state index contributed by atoms with van der Waals surface area (Å²) in [4.78, 5) is 26.6. The fraction of sp³-hybridized carbons (Fsp3) is 0.200. The molecular formula is C25H24F2N2O2. The van der Waals surface area contributed by atoms with E-state index in [1.165, 1.54) is 41.3 Å². The molecule has 0 aliphatic carbocycles. The van der Waals surface area contributed by atoms with Crippen LogP contribution in [0.5, 0.6) is 0 Å². The van der Waals surface area contributed by atoms with E-state index in [-0.39, 0.29) is 24.4 Å². The van der Waals surface area contributed by atoms with Crippen molar-refractivity contribution < 1.29 is 18.4 Å². The number of carbonyl (C=O) groups excluding carboxylic acids is 2. The summed E-state index contributed by atoms with van der Waals surface area (Å²) in [5.74, 6) is -1.38. The molecule has 0 saturated heterocycles. The molecule has 0 fully saturated rings. The number of nitrogens with zero attached hydrogens (tertiary/aromatic N) is 1. The number of amides is 2. The van der Waals surface area contributed by atoms with Gasteiger partial charge in [-0.2, -0.15) is 0 Å². The molecule has 160 valence electrons. The summed E-state index contributed by atoms with van der Waals surface area (Å²) in [6, 6.07) is 18.5. The van der Waals surface area contributed by atoms with Crippen molar-refractivity contribution in [3.63, 3.8) is 0 Å². The average Bonchev–Trinajstić information content (AvgIpc) is 2.76. The van der Waals surface area contributed by atoms with E-state index in [0.717, 1.165) is 12.0 Å². The van der Waals surface area contributed by atoms with Crippen LogP contribution in [0.15, 0.2) is 72.8 Å². The van der Waals surface area contributed by atoms with E-state index in [1.807, 2.05) is 6.92 Å². The Morgan fingerprint density at radius 2 is 1.55 bits per heavy atom. The van der Waals surface area contributed by atoms with Crippen LogP contribution in [0.1, 0.15) is 34.8 Å². The third kappa shape index (κ3) is 6.22. The number of anilines is 1. The highest BCUT2D eigenvalue weighted by molar-refractivity contribution is 6.06. The summed E-state index contributed by atoms with van der Waals surface area (Å²) < 4.78 is 27.3. The smallest absolute Gasteiger partial charge is 0.258 e. The molecule has 3 rings (SSSR count). The van der Waals surface area contributed by atoms with Crippen molar-refractivity contribution in [2.75, 3.05) is 11.4 Å². The van der Waals surface area contributed by atoms with E-state index in [1.54, 1.807) is 36.4 Å². The van der Waals surface area contributed by atoms with Crippen LogP contribution in [-0.2, 0) is 17.8 Å². The Labute approximate surface area is 180 Å². The Kier molecular flexibility index (Phi) is 7.49. The van der Waals surface area contributed by atoms with Gasteiger partial charge in [0.2, 0.25) is 5.91 Å². The molecule has 6 heteroatoms. The Bertz CT molecular complexity index is 1050. The fourth-order valence-corrected chi connectivity index (χ4v) is 3.18. The second kappa shape index (κ2) is 10.5. The van der Waals surface area contributed by atoms with Gasteiger partial charge in [-0.1, -0.05) is 37.3 Å². The van der Waals surface area contributed by atoms with Gasteiger partial charge in [-0.3, -0.25) is 9.59 Å². The molecule has 31 heavy (non-hydrogen) atoms. The van der Waals surface area contributed by atoms with Crippen LogP contribution in [-0.4, -0.2) is 18.4 Å². The minimum absolute atomic E-state index is 0.0675. The zero-order chi connectivity index (χ0) is 22.2. The lowest BCUT2D eigenvalue weighted by atomic mass is 10.1. The van der Waals surface area contributed by atoms with Gasteiger partial charge in [0, 0.05) is 17.8 Å². The van der Waals surface area contributed by atoms with Crippen LogP contribution in [0.3, 0.4) is 0 Å². The lowest BCUT2D eigenvalue weighted by Crippen LogP contribution is -2.30. The molecule has 0 radical (unpaired) electrons. The first-order valence-corrected chi connectivity index (χ1v) is 10.1. The van der Waals surface area contributed by atoms with Crippen molar-refractivity contribution >= 4 is 17.5 Å². The third-order valence-corrected chi connectivity index (χ3v) is 4.73. The molecule has 0 aliphatic rings. The first-order chi connectivity index (χ1) is 15.0. The largest absolute Gasteiger partial charge is 0.356 e. The molecule has 0 unspecified atom stereocenters. The zero-order valence-corrected chi connectivity index (χ0v) is 17.3. The summed E-state index contributed by atoms with van der Waals surface area (Å²) >= 11 is 0. The summed E-state index contributed by atoms with van der Waals surface area (Å²) in [5.41, 5.74) is 2.17. The maximum atomic E-state index is 13.7. The lowest BCUT2D eigenvalue weighted by Gasteiger charge is -2.23. The molecule has 0 spiro atoms. The van der Waals surface area contributed by atoms with Crippen molar-refractivity contribution in [2.45, 2.75) is 26.3 Å². The van der Waals surface area contributed by atoms with Gasteiger partial charge in [0.15, 0.2) is 0 Å². The molecule has 0 heterocycles. The predicted molar refractivity (Wildman–Crippen MR) is 117 cm³/mol. The van der Waals surface area contributed by atoms with Crippen molar-refractivity contribution in [1.82, 2.24) is 5.32 Å². The van der Waals surface area contributed by atoms with E-state index in [2.05, 4.69) is 5.32 Å². The Morgan fingerprint density at radius 3 is 2.19 bits per heavy atom. The quantitative estimate of drug-likeness (QED) is 0.563. The topological polar surface area (TPSA) is 49.4 Å². The number of nitrogens with one attached hydrogen (secondary N) is 1. The van der Waals surface area contributed by atoms with Crippen LogP contribution in [0, 0.1) is 11.6 Å². The molecular weight excluding hydrogens is 398 g/mol. The zero-order valence-electron chi connectivity index (χ0n) is 17.3. The fourth-order valence-electron chi connectivity index (χ4n) is 3.18. The molecule has 0 atom stereocenters. The molecule has 3 aromatic carbocycles. The van der Waals surface area contributed by atoms with Crippen LogP contribution in [0.4, 0.5) is 14.5 Å². The summed E-state index contributed by atoms with van der Waals surface area (Å²) in [5, 5.41) is 2.83. The average molecular weight is 422 g/mol. The van der Waals surface area contributed by atoms with Gasteiger partial charge in [-0.05, 0) is 60.0 Å². The molecule has 0 aliphatic heterocycles. The van der Waals surface area contributed by atoms with Crippen molar-refractivity contribution in [2.24, 2.45) is 0 Å². The summed E-state index contributed by atoms with van der Waals surface area (Å²) in [7, 11) is 0. The van der Waals surface area contributed by atoms with Crippen LogP contribution in [0.2, 0.25) is 0 Å². The molecule has 4 nitrogen and oxygen atoms in total. The normalized spacial score (nSPS) is 10.5. The van der Waals surface area contributed by atoms with Gasteiger partial charge in [-0.25, -0.2) is 8.78 Å². The Hall–Kier alpha value is -3.54. The number of carbonyl (C=O) groups is 2. The highest BCUT2D eigenvalue weighted by atomic mass is 19.1. The molecule has 0 saturated carbocycles. The summed E-state index contributed by atoms with van der Waals surface area (Å²) in [6.07, 6.45) is 1.10. The third-order valence-electron chi connectivity index (χ3n) is 4.73.